The van der Waals surface area contributed by atoms with E-state index in [4.69, 9.17) is 0 Å². The van der Waals surface area contributed by atoms with Crippen LogP contribution >= 0.6 is 0 Å². The fourth-order valence-electron chi connectivity index (χ4n) is 4.36. The number of likely N-dealkylation sites (tertiary alicyclic amines) is 1. The average Bonchev–Trinajstić information content (AvgIpc) is 3.32. The quantitative estimate of drug-likeness (QED) is 0.844. The van der Waals surface area contributed by atoms with E-state index in [1.807, 2.05) is 16.6 Å². The van der Waals surface area contributed by atoms with Gasteiger partial charge in [-0.3, -0.25) is 9.88 Å². The van der Waals surface area contributed by atoms with Gasteiger partial charge in [0.05, 0.1) is 5.25 Å². The molecule has 3 fully saturated rings. The van der Waals surface area contributed by atoms with E-state index in [0.717, 1.165) is 64.7 Å². The van der Waals surface area contributed by atoms with Crippen molar-refractivity contribution in [3.63, 3.8) is 0 Å². The van der Waals surface area contributed by atoms with E-state index in [1.54, 1.807) is 6.20 Å². The summed E-state index contributed by atoms with van der Waals surface area (Å²) in [7, 11) is -3.08. The summed E-state index contributed by atoms with van der Waals surface area (Å²) in [5.41, 5.74) is 1.06. The van der Waals surface area contributed by atoms with Crippen molar-refractivity contribution in [2.24, 2.45) is 0 Å². The van der Waals surface area contributed by atoms with E-state index in [-0.39, 0.29) is 10.8 Å². The summed E-state index contributed by atoms with van der Waals surface area (Å²) in [4.78, 5) is 6.61. The second-order valence-electron chi connectivity index (χ2n) is 7.32. The fraction of sp³-hybridized carbons (Fsp3) is 0.706. The third-order valence-corrected chi connectivity index (χ3v) is 8.05. The number of sulfonamides is 1. The van der Waals surface area contributed by atoms with Gasteiger partial charge < -0.3 is 0 Å². The van der Waals surface area contributed by atoms with E-state index < -0.39 is 10.0 Å². The van der Waals surface area contributed by atoms with Gasteiger partial charge in [-0.25, -0.2) is 8.42 Å². The number of hydrogen-bond acceptors (Lipinski definition) is 4. The number of rotatable bonds is 4. The summed E-state index contributed by atoms with van der Waals surface area (Å²) in [5.74, 6) is 0. The van der Waals surface area contributed by atoms with Gasteiger partial charge in [-0.2, -0.15) is 4.31 Å². The highest BCUT2D eigenvalue weighted by Crippen LogP contribution is 2.43. The van der Waals surface area contributed by atoms with Crippen LogP contribution in [0.4, 0.5) is 0 Å². The lowest BCUT2D eigenvalue weighted by Crippen LogP contribution is -2.57. The van der Waals surface area contributed by atoms with Crippen LogP contribution in [0.15, 0.2) is 24.5 Å². The highest BCUT2D eigenvalue weighted by Gasteiger charge is 2.52. The Balaban J connectivity index is 1.53. The molecule has 3 heterocycles. The Bertz CT molecular complexity index is 660. The molecule has 0 N–H and O–H groups in total. The largest absolute Gasteiger partial charge is 0.297 e. The summed E-state index contributed by atoms with van der Waals surface area (Å²) in [5, 5.41) is -0.0915. The number of nitrogens with zero attached hydrogens (tertiary/aromatic N) is 3. The zero-order chi connectivity index (χ0) is 15.9. The Morgan fingerprint density at radius 1 is 1.22 bits per heavy atom. The Morgan fingerprint density at radius 2 is 2.00 bits per heavy atom. The molecule has 6 heteroatoms. The molecule has 23 heavy (non-hydrogen) atoms. The number of pyridine rings is 1. The molecule has 1 aromatic heterocycles. The van der Waals surface area contributed by atoms with E-state index in [1.165, 1.54) is 5.56 Å². The molecule has 5 nitrogen and oxygen atoms in total. The van der Waals surface area contributed by atoms with Gasteiger partial charge in [-0.05, 0) is 56.7 Å². The first-order chi connectivity index (χ1) is 11.1. The average molecular weight is 335 g/mol. The maximum atomic E-state index is 12.8. The predicted molar refractivity (Wildman–Crippen MR) is 89.4 cm³/mol. The molecule has 2 saturated heterocycles. The first kappa shape index (κ1) is 15.5. The van der Waals surface area contributed by atoms with Crippen molar-refractivity contribution in [3.8, 4) is 0 Å². The van der Waals surface area contributed by atoms with Gasteiger partial charge in [0, 0.05) is 37.6 Å². The molecule has 1 saturated carbocycles. The zero-order valence-electron chi connectivity index (χ0n) is 13.5. The molecule has 126 valence electrons. The van der Waals surface area contributed by atoms with Crippen molar-refractivity contribution < 1.29 is 8.42 Å². The topological polar surface area (TPSA) is 53.5 Å². The van der Waals surface area contributed by atoms with Gasteiger partial charge in [-0.15, -0.1) is 0 Å². The number of piperidine rings is 1. The zero-order valence-corrected chi connectivity index (χ0v) is 14.3. The van der Waals surface area contributed by atoms with Crippen LogP contribution in [0.25, 0.3) is 0 Å². The van der Waals surface area contributed by atoms with Crippen molar-refractivity contribution in [1.82, 2.24) is 14.2 Å². The molecule has 0 bridgehead atoms. The van der Waals surface area contributed by atoms with E-state index in [9.17, 15) is 8.42 Å². The summed E-state index contributed by atoms with van der Waals surface area (Å²) < 4.78 is 27.6. The molecule has 0 aromatic carbocycles. The maximum Gasteiger partial charge on any atom is 0.217 e. The monoisotopic (exact) mass is 335 g/mol. The Morgan fingerprint density at radius 3 is 2.70 bits per heavy atom. The molecule has 2 aliphatic heterocycles. The molecular weight excluding hydrogens is 310 g/mol. The lowest BCUT2D eigenvalue weighted by molar-refractivity contribution is 0.0836. The predicted octanol–water partition coefficient (Wildman–Crippen LogP) is 2.00. The van der Waals surface area contributed by atoms with Gasteiger partial charge in [0.2, 0.25) is 10.0 Å². The van der Waals surface area contributed by atoms with Crippen LogP contribution in [0.3, 0.4) is 0 Å². The maximum absolute atomic E-state index is 12.8. The van der Waals surface area contributed by atoms with Gasteiger partial charge in [-0.1, -0.05) is 6.07 Å². The standard InChI is InChI=1S/C17H25N3O2S/c21-23(22,16-5-6-16)20-11-3-8-17(20)7-2-10-19(14-17)13-15-4-1-9-18-12-15/h1,4,9,12,16H,2-3,5-8,10-11,13-14H2. The normalized spacial score (nSPS) is 30.1. The van der Waals surface area contributed by atoms with Crippen molar-refractivity contribution in [3.05, 3.63) is 30.1 Å². The van der Waals surface area contributed by atoms with Crippen molar-refractivity contribution in [1.29, 1.82) is 0 Å². The van der Waals surface area contributed by atoms with Gasteiger partial charge in [0.25, 0.3) is 0 Å². The lowest BCUT2D eigenvalue weighted by Gasteiger charge is -2.45. The van der Waals surface area contributed by atoms with Crippen LogP contribution in [-0.2, 0) is 16.6 Å². The minimum Gasteiger partial charge on any atom is -0.297 e. The molecule has 1 atom stereocenters. The minimum absolute atomic E-state index is 0.0915. The van der Waals surface area contributed by atoms with Gasteiger partial charge >= 0.3 is 0 Å². The minimum atomic E-state index is -3.08. The highest BCUT2D eigenvalue weighted by molar-refractivity contribution is 7.90. The van der Waals surface area contributed by atoms with E-state index in [2.05, 4.69) is 16.0 Å². The summed E-state index contributed by atoms with van der Waals surface area (Å²) >= 11 is 0. The van der Waals surface area contributed by atoms with Crippen LogP contribution in [0.2, 0.25) is 0 Å². The van der Waals surface area contributed by atoms with E-state index in [0.29, 0.717) is 0 Å². The van der Waals surface area contributed by atoms with Gasteiger partial charge in [0.15, 0.2) is 0 Å². The second-order valence-corrected chi connectivity index (χ2v) is 9.46. The van der Waals surface area contributed by atoms with Crippen molar-refractivity contribution in [2.75, 3.05) is 19.6 Å². The summed E-state index contributed by atoms with van der Waals surface area (Å²) in [6.07, 6.45) is 9.54. The molecule has 1 aromatic rings. The first-order valence-electron chi connectivity index (χ1n) is 8.73. The smallest absolute Gasteiger partial charge is 0.217 e. The molecule has 1 unspecified atom stereocenters. The lowest BCUT2D eigenvalue weighted by atomic mass is 9.87. The Hall–Kier alpha value is -0.980. The molecule has 4 rings (SSSR count). The molecule has 0 radical (unpaired) electrons. The third kappa shape index (κ3) is 2.92. The third-order valence-electron chi connectivity index (χ3n) is 5.55. The van der Waals surface area contributed by atoms with Crippen LogP contribution in [-0.4, -0.2) is 53.0 Å². The second kappa shape index (κ2) is 5.83. The molecule has 3 aliphatic rings. The molecule has 1 aliphatic carbocycles. The molecule has 0 amide bonds. The number of aromatic nitrogens is 1. The SMILES string of the molecule is O=S(=O)(C1CC1)N1CCCC12CCCN(Cc1cccnc1)C2. The van der Waals surface area contributed by atoms with Crippen LogP contribution in [0, 0.1) is 0 Å². The molecular formula is C17H25N3O2S. The Labute approximate surface area is 138 Å². The van der Waals surface area contributed by atoms with E-state index >= 15 is 0 Å². The van der Waals surface area contributed by atoms with Crippen molar-refractivity contribution in [2.45, 2.75) is 55.9 Å². The molecule has 1 spiro atoms. The van der Waals surface area contributed by atoms with Crippen LogP contribution in [0.5, 0.6) is 0 Å². The van der Waals surface area contributed by atoms with Crippen LogP contribution < -0.4 is 0 Å². The van der Waals surface area contributed by atoms with Crippen molar-refractivity contribution >= 4 is 10.0 Å². The fourth-order valence-corrected chi connectivity index (χ4v) is 6.61. The first-order valence-corrected chi connectivity index (χ1v) is 10.2. The van der Waals surface area contributed by atoms with Crippen LogP contribution in [0.1, 0.15) is 44.1 Å². The van der Waals surface area contributed by atoms with Gasteiger partial charge in [0.1, 0.15) is 0 Å². The summed E-state index contributed by atoms with van der Waals surface area (Å²) in [6.45, 7) is 3.51. The highest BCUT2D eigenvalue weighted by atomic mass is 32.2. The summed E-state index contributed by atoms with van der Waals surface area (Å²) in [6, 6.07) is 4.07. The Kier molecular flexibility index (Phi) is 3.94. The number of hydrogen-bond donors (Lipinski definition) is 0.